The second-order valence-electron chi connectivity index (χ2n) is 3.20. The third-order valence-electron chi connectivity index (χ3n) is 1.96. The Bertz CT molecular complexity index is 473. The summed E-state index contributed by atoms with van der Waals surface area (Å²) in [5.74, 6) is 0.885. The average molecular weight is 280 g/mol. The number of nitrogens with two attached hydrogens (primary N) is 1. The summed E-state index contributed by atoms with van der Waals surface area (Å²) in [6, 6.07) is 9.49. The highest BCUT2D eigenvalue weighted by molar-refractivity contribution is 9.10. The second-order valence-corrected chi connectivity index (χ2v) is 4.11. The molecule has 1 heterocycles. The Labute approximate surface area is 102 Å². The predicted molar refractivity (Wildman–Crippen MR) is 64.9 cm³/mol. The summed E-state index contributed by atoms with van der Waals surface area (Å²) in [7, 11) is 0. The molecule has 16 heavy (non-hydrogen) atoms. The lowest BCUT2D eigenvalue weighted by atomic mass is 10.2. The number of hydrogen-bond acceptors (Lipinski definition) is 4. The van der Waals surface area contributed by atoms with Gasteiger partial charge in [-0.25, -0.2) is 9.97 Å². The highest BCUT2D eigenvalue weighted by Gasteiger charge is 1.98. The van der Waals surface area contributed by atoms with Crippen molar-refractivity contribution in [2.75, 3.05) is 5.73 Å². The molecule has 2 rings (SSSR count). The van der Waals surface area contributed by atoms with Crippen LogP contribution in [0.3, 0.4) is 0 Å². The van der Waals surface area contributed by atoms with Crippen molar-refractivity contribution in [2.45, 2.75) is 6.61 Å². The van der Waals surface area contributed by atoms with E-state index >= 15 is 0 Å². The molecule has 0 bridgehead atoms. The molecule has 4 nitrogen and oxygen atoms in total. The van der Waals surface area contributed by atoms with Gasteiger partial charge in [0.1, 0.15) is 18.8 Å². The summed E-state index contributed by atoms with van der Waals surface area (Å²) in [5, 5.41) is 0. The fraction of sp³-hybridized carbons (Fsp3) is 0.0909. The van der Waals surface area contributed by atoms with Crippen molar-refractivity contribution in [1.82, 2.24) is 9.97 Å². The SMILES string of the molecule is Nc1cc(OCc2ccc(Br)cc2)ncn1. The average Bonchev–Trinajstić information content (AvgIpc) is 2.28. The van der Waals surface area contributed by atoms with Gasteiger partial charge in [0, 0.05) is 10.5 Å². The first-order valence-electron chi connectivity index (χ1n) is 4.69. The molecule has 0 radical (unpaired) electrons. The molecular weight excluding hydrogens is 270 g/mol. The zero-order chi connectivity index (χ0) is 11.4. The van der Waals surface area contributed by atoms with E-state index < -0.39 is 0 Å². The molecule has 0 saturated heterocycles. The number of aromatic nitrogens is 2. The Balaban J connectivity index is 1.99. The van der Waals surface area contributed by atoms with Crippen molar-refractivity contribution in [1.29, 1.82) is 0 Å². The monoisotopic (exact) mass is 279 g/mol. The zero-order valence-electron chi connectivity index (χ0n) is 8.43. The first-order chi connectivity index (χ1) is 7.74. The van der Waals surface area contributed by atoms with Crippen LogP contribution in [0.4, 0.5) is 5.82 Å². The number of anilines is 1. The molecule has 82 valence electrons. The third kappa shape index (κ3) is 2.93. The van der Waals surface area contributed by atoms with Crippen LogP contribution in [0.2, 0.25) is 0 Å². The summed E-state index contributed by atoms with van der Waals surface area (Å²) in [5.41, 5.74) is 6.58. The second kappa shape index (κ2) is 4.94. The highest BCUT2D eigenvalue weighted by Crippen LogP contribution is 2.13. The highest BCUT2D eigenvalue weighted by atomic mass is 79.9. The van der Waals surface area contributed by atoms with Gasteiger partial charge in [0.2, 0.25) is 5.88 Å². The molecular formula is C11H10BrN3O. The first-order valence-corrected chi connectivity index (χ1v) is 5.48. The van der Waals surface area contributed by atoms with E-state index in [4.69, 9.17) is 10.5 Å². The molecule has 0 fully saturated rings. The van der Waals surface area contributed by atoms with Crippen LogP contribution in [0.5, 0.6) is 5.88 Å². The van der Waals surface area contributed by atoms with E-state index in [0.717, 1.165) is 10.0 Å². The number of nitrogens with zero attached hydrogens (tertiary/aromatic N) is 2. The molecule has 0 aliphatic heterocycles. The van der Waals surface area contributed by atoms with Crippen molar-refractivity contribution in [2.24, 2.45) is 0 Å². The lowest BCUT2D eigenvalue weighted by Gasteiger charge is -2.05. The molecule has 5 heteroatoms. The predicted octanol–water partition coefficient (Wildman–Crippen LogP) is 2.40. The van der Waals surface area contributed by atoms with Gasteiger partial charge in [-0.3, -0.25) is 0 Å². The first kappa shape index (κ1) is 10.9. The van der Waals surface area contributed by atoms with Gasteiger partial charge in [0.25, 0.3) is 0 Å². The van der Waals surface area contributed by atoms with Crippen molar-refractivity contribution in [3.8, 4) is 5.88 Å². The van der Waals surface area contributed by atoms with E-state index in [1.807, 2.05) is 24.3 Å². The van der Waals surface area contributed by atoms with Crippen LogP contribution < -0.4 is 10.5 Å². The topological polar surface area (TPSA) is 61.0 Å². The van der Waals surface area contributed by atoms with E-state index in [1.54, 1.807) is 6.07 Å². The standard InChI is InChI=1S/C11H10BrN3O/c12-9-3-1-8(2-4-9)6-16-11-5-10(13)14-7-15-11/h1-5,7H,6H2,(H2,13,14,15). The number of hydrogen-bond donors (Lipinski definition) is 1. The van der Waals surface area contributed by atoms with Crippen LogP contribution in [0.25, 0.3) is 0 Å². The van der Waals surface area contributed by atoms with Gasteiger partial charge in [-0.15, -0.1) is 0 Å². The third-order valence-corrected chi connectivity index (χ3v) is 2.49. The minimum Gasteiger partial charge on any atom is -0.473 e. The number of rotatable bonds is 3. The number of benzene rings is 1. The van der Waals surface area contributed by atoms with Crippen molar-refractivity contribution < 1.29 is 4.74 Å². The van der Waals surface area contributed by atoms with Crippen LogP contribution in [0, 0.1) is 0 Å². The van der Waals surface area contributed by atoms with Crippen LogP contribution in [-0.2, 0) is 6.61 Å². The smallest absolute Gasteiger partial charge is 0.218 e. The Morgan fingerprint density at radius 3 is 2.62 bits per heavy atom. The van der Waals surface area contributed by atoms with E-state index in [-0.39, 0.29) is 0 Å². The van der Waals surface area contributed by atoms with Crippen molar-refractivity contribution in [3.63, 3.8) is 0 Å². The minimum absolute atomic E-state index is 0.404. The molecule has 2 aromatic rings. The summed E-state index contributed by atoms with van der Waals surface area (Å²) in [6.45, 7) is 0.462. The Kier molecular flexibility index (Phi) is 3.36. The molecule has 1 aromatic heterocycles. The van der Waals surface area contributed by atoms with Gasteiger partial charge in [0.05, 0.1) is 0 Å². The molecule has 0 aliphatic rings. The van der Waals surface area contributed by atoms with Gasteiger partial charge >= 0.3 is 0 Å². The van der Waals surface area contributed by atoms with Gasteiger partial charge in [-0.2, -0.15) is 0 Å². The number of nitrogen functional groups attached to an aromatic ring is 1. The molecule has 1 aromatic carbocycles. The molecule has 0 atom stereocenters. The maximum atomic E-state index is 5.51. The summed E-state index contributed by atoms with van der Waals surface area (Å²) in [4.78, 5) is 7.74. The number of halogens is 1. The Morgan fingerprint density at radius 2 is 1.94 bits per heavy atom. The Morgan fingerprint density at radius 1 is 1.19 bits per heavy atom. The maximum absolute atomic E-state index is 5.51. The molecule has 2 N–H and O–H groups in total. The quantitative estimate of drug-likeness (QED) is 0.937. The molecule has 0 aliphatic carbocycles. The van der Waals surface area contributed by atoms with Gasteiger partial charge in [0.15, 0.2) is 0 Å². The number of ether oxygens (including phenoxy) is 1. The van der Waals surface area contributed by atoms with Crippen LogP contribution in [0.1, 0.15) is 5.56 Å². The summed E-state index contributed by atoms with van der Waals surface area (Å²) in [6.07, 6.45) is 1.38. The Hall–Kier alpha value is -1.62. The van der Waals surface area contributed by atoms with E-state index in [0.29, 0.717) is 18.3 Å². The van der Waals surface area contributed by atoms with Crippen LogP contribution >= 0.6 is 15.9 Å². The molecule has 0 spiro atoms. The fourth-order valence-electron chi connectivity index (χ4n) is 1.17. The van der Waals surface area contributed by atoms with Crippen molar-refractivity contribution in [3.05, 3.63) is 46.7 Å². The summed E-state index contributed by atoms with van der Waals surface area (Å²) >= 11 is 3.37. The molecule has 0 unspecified atom stereocenters. The van der Waals surface area contributed by atoms with Gasteiger partial charge < -0.3 is 10.5 Å². The largest absolute Gasteiger partial charge is 0.473 e. The van der Waals surface area contributed by atoms with Crippen molar-refractivity contribution >= 4 is 21.7 Å². The van der Waals surface area contributed by atoms with E-state index in [9.17, 15) is 0 Å². The minimum atomic E-state index is 0.404. The molecule has 0 saturated carbocycles. The lowest BCUT2D eigenvalue weighted by molar-refractivity contribution is 0.293. The summed E-state index contributed by atoms with van der Waals surface area (Å²) < 4.78 is 6.51. The van der Waals surface area contributed by atoms with E-state index in [2.05, 4.69) is 25.9 Å². The maximum Gasteiger partial charge on any atom is 0.218 e. The van der Waals surface area contributed by atoms with Crippen LogP contribution in [0.15, 0.2) is 41.1 Å². The normalized spacial score (nSPS) is 10.1. The fourth-order valence-corrected chi connectivity index (χ4v) is 1.43. The molecule has 0 amide bonds. The lowest BCUT2D eigenvalue weighted by Crippen LogP contribution is -1.99. The van der Waals surface area contributed by atoms with Crippen LogP contribution in [-0.4, -0.2) is 9.97 Å². The zero-order valence-corrected chi connectivity index (χ0v) is 10.0. The van der Waals surface area contributed by atoms with Gasteiger partial charge in [-0.1, -0.05) is 28.1 Å². The van der Waals surface area contributed by atoms with Gasteiger partial charge in [-0.05, 0) is 17.7 Å². The van der Waals surface area contributed by atoms with E-state index in [1.165, 1.54) is 6.33 Å².